The standard InChI is InChI=1S/C8H14N6O2/c9-6-1-4-14(13-6)5-7(15)11-2-3-12-8(10)16/h1,4H,2-3,5H2,(H2,9,13)(H,11,15)(H3,10,12,16). The molecule has 0 spiro atoms. The van der Waals surface area contributed by atoms with Crippen molar-refractivity contribution in [3.05, 3.63) is 12.3 Å². The minimum absolute atomic E-state index is 0.0910. The number of nitrogens with two attached hydrogens (primary N) is 2. The van der Waals surface area contributed by atoms with Crippen molar-refractivity contribution in [2.45, 2.75) is 6.54 Å². The Bertz CT molecular complexity index is 374. The second kappa shape index (κ2) is 5.59. The van der Waals surface area contributed by atoms with Gasteiger partial charge in [-0.1, -0.05) is 0 Å². The monoisotopic (exact) mass is 226 g/mol. The van der Waals surface area contributed by atoms with Crippen LogP contribution in [-0.2, 0) is 11.3 Å². The number of hydrogen-bond donors (Lipinski definition) is 4. The highest BCUT2D eigenvalue weighted by molar-refractivity contribution is 5.75. The average Bonchev–Trinajstić information content (AvgIpc) is 2.58. The summed E-state index contributed by atoms with van der Waals surface area (Å²) in [6.45, 7) is 0.703. The molecule has 1 heterocycles. The van der Waals surface area contributed by atoms with Gasteiger partial charge in [-0.2, -0.15) is 5.10 Å². The summed E-state index contributed by atoms with van der Waals surface area (Å²) in [4.78, 5) is 21.6. The third kappa shape index (κ3) is 4.31. The zero-order chi connectivity index (χ0) is 12.0. The lowest BCUT2D eigenvalue weighted by molar-refractivity contribution is -0.121. The first-order valence-corrected chi connectivity index (χ1v) is 4.67. The maximum atomic E-state index is 11.3. The molecular weight excluding hydrogens is 212 g/mol. The number of amides is 3. The third-order valence-electron chi connectivity index (χ3n) is 1.71. The van der Waals surface area contributed by atoms with E-state index in [1.165, 1.54) is 4.68 Å². The molecule has 0 saturated heterocycles. The van der Waals surface area contributed by atoms with Gasteiger partial charge in [0.05, 0.1) is 0 Å². The summed E-state index contributed by atoms with van der Waals surface area (Å²) in [6, 6.07) is 0.983. The highest BCUT2D eigenvalue weighted by Gasteiger charge is 2.02. The number of primary amides is 1. The van der Waals surface area contributed by atoms with Crippen LogP contribution in [0, 0.1) is 0 Å². The van der Waals surface area contributed by atoms with Gasteiger partial charge >= 0.3 is 6.03 Å². The Morgan fingerprint density at radius 1 is 1.38 bits per heavy atom. The molecule has 0 aliphatic rings. The lowest BCUT2D eigenvalue weighted by Crippen LogP contribution is -2.38. The van der Waals surface area contributed by atoms with E-state index < -0.39 is 6.03 Å². The molecule has 0 saturated carbocycles. The van der Waals surface area contributed by atoms with Crippen molar-refractivity contribution >= 4 is 17.8 Å². The Hall–Kier alpha value is -2.25. The number of hydrogen-bond acceptors (Lipinski definition) is 4. The van der Waals surface area contributed by atoms with Crippen LogP contribution in [0.25, 0.3) is 0 Å². The van der Waals surface area contributed by atoms with Gasteiger partial charge in [0.15, 0.2) is 0 Å². The van der Waals surface area contributed by atoms with Gasteiger partial charge in [0.1, 0.15) is 12.4 Å². The minimum Gasteiger partial charge on any atom is -0.382 e. The zero-order valence-corrected chi connectivity index (χ0v) is 8.64. The quantitative estimate of drug-likeness (QED) is 0.444. The number of nitrogens with one attached hydrogen (secondary N) is 2. The highest BCUT2D eigenvalue weighted by atomic mass is 16.2. The number of carbonyl (C=O) groups is 2. The van der Waals surface area contributed by atoms with Crippen molar-refractivity contribution in [3.8, 4) is 0 Å². The van der Waals surface area contributed by atoms with E-state index in [9.17, 15) is 9.59 Å². The maximum Gasteiger partial charge on any atom is 0.312 e. The molecule has 0 aliphatic heterocycles. The summed E-state index contributed by atoms with van der Waals surface area (Å²) in [6.07, 6.45) is 1.61. The van der Waals surface area contributed by atoms with E-state index >= 15 is 0 Å². The first kappa shape index (κ1) is 11.8. The van der Waals surface area contributed by atoms with Crippen molar-refractivity contribution in [3.63, 3.8) is 0 Å². The second-order valence-electron chi connectivity index (χ2n) is 3.08. The number of nitrogens with zero attached hydrogens (tertiary/aromatic N) is 2. The van der Waals surface area contributed by atoms with Crippen LogP contribution in [0.1, 0.15) is 0 Å². The Morgan fingerprint density at radius 3 is 2.62 bits per heavy atom. The van der Waals surface area contributed by atoms with E-state index in [-0.39, 0.29) is 12.5 Å². The molecule has 1 aromatic heterocycles. The van der Waals surface area contributed by atoms with Gasteiger partial charge in [0.2, 0.25) is 5.91 Å². The number of carbonyl (C=O) groups excluding carboxylic acids is 2. The fraction of sp³-hybridized carbons (Fsp3) is 0.375. The number of anilines is 1. The predicted octanol–water partition coefficient (Wildman–Crippen LogP) is -1.75. The normalized spacial score (nSPS) is 9.75. The summed E-state index contributed by atoms with van der Waals surface area (Å²) in [5, 5.41) is 8.79. The molecule has 8 heteroatoms. The molecule has 1 rings (SSSR count). The van der Waals surface area contributed by atoms with E-state index in [0.717, 1.165) is 0 Å². The van der Waals surface area contributed by atoms with Crippen LogP contribution in [-0.4, -0.2) is 34.8 Å². The van der Waals surface area contributed by atoms with E-state index in [0.29, 0.717) is 18.9 Å². The van der Waals surface area contributed by atoms with Crippen molar-refractivity contribution in [1.82, 2.24) is 20.4 Å². The smallest absolute Gasteiger partial charge is 0.312 e. The fourth-order valence-corrected chi connectivity index (χ4v) is 1.06. The Labute approximate surface area is 92.0 Å². The first-order chi connectivity index (χ1) is 7.58. The second-order valence-corrected chi connectivity index (χ2v) is 3.08. The summed E-state index contributed by atoms with van der Waals surface area (Å²) in [5.41, 5.74) is 10.2. The number of rotatable bonds is 5. The Morgan fingerprint density at radius 2 is 2.06 bits per heavy atom. The van der Waals surface area contributed by atoms with Gasteiger partial charge < -0.3 is 22.1 Å². The molecule has 6 N–H and O–H groups in total. The summed E-state index contributed by atoms with van der Waals surface area (Å²) in [7, 11) is 0. The van der Waals surface area contributed by atoms with E-state index in [4.69, 9.17) is 11.5 Å². The first-order valence-electron chi connectivity index (χ1n) is 4.67. The van der Waals surface area contributed by atoms with Crippen LogP contribution in [0.4, 0.5) is 10.6 Å². The van der Waals surface area contributed by atoms with Crippen molar-refractivity contribution in [2.75, 3.05) is 18.8 Å². The molecular formula is C8H14N6O2. The van der Waals surface area contributed by atoms with Crippen LogP contribution in [0.3, 0.4) is 0 Å². The molecule has 16 heavy (non-hydrogen) atoms. The van der Waals surface area contributed by atoms with Crippen molar-refractivity contribution < 1.29 is 9.59 Å². The third-order valence-corrected chi connectivity index (χ3v) is 1.71. The fourth-order valence-electron chi connectivity index (χ4n) is 1.06. The van der Waals surface area contributed by atoms with E-state index in [2.05, 4.69) is 15.7 Å². The SMILES string of the molecule is NC(=O)NCCNC(=O)Cn1ccc(N)n1. The van der Waals surface area contributed by atoms with Gasteiger partial charge in [0.25, 0.3) is 0 Å². The Balaban J connectivity index is 2.18. The minimum atomic E-state index is -0.617. The van der Waals surface area contributed by atoms with Crippen LogP contribution in [0.5, 0.6) is 0 Å². The van der Waals surface area contributed by atoms with Crippen LogP contribution in [0.2, 0.25) is 0 Å². The van der Waals surface area contributed by atoms with E-state index in [1.807, 2.05) is 0 Å². The maximum absolute atomic E-state index is 11.3. The lowest BCUT2D eigenvalue weighted by atomic mass is 10.5. The van der Waals surface area contributed by atoms with Crippen molar-refractivity contribution in [2.24, 2.45) is 5.73 Å². The number of nitrogen functional groups attached to an aromatic ring is 1. The highest BCUT2D eigenvalue weighted by Crippen LogP contribution is 1.94. The molecule has 88 valence electrons. The topological polar surface area (TPSA) is 128 Å². The summed E-state index contributed by atoms with van der Waals surface area (Å²) < 4.78 is 1.42. The number of urea groups is 1. The largest absolute Gasteiger partial charge is 0.382 e. The van der Waals surface area contributed by atoms with Gasteiger partial charge in [-0.15, -0.1) is 0 Å². The summed E-state index contributed by atoms with van der Waals surface area (Å²) >= 11 is 0. The van der Waals surface area contributed by atoms with Crippen LogP contribution < -0.4 is 22.1 Å². The molecule has 0 atom stereocenters. The molecule has 0 aliphatic carbocycles. The molecule has 0 aromatic carbocycles. The van der Waals surface area contributed by atoms with Crippen LogP contribution in [0.15, 0.2) is 12.3 Å². The predicted molar refractivity (Wildman–Crippen MR) is 57.2 cm³/mol. The summed E-state index contributed by atoms with van der Waals surface area (Å²) in [5.74, 6) is 0.151. The van der Waals surface area contributed by atoms with Gasteiger partial charge in [-0.25, -0.2) is 4.79 Å². The Kier molecular flexibility index (Phi) is 4.13. The van der Waals surface area contributed by atoms with Gasteiger partial charge in [-0.3, -0.25) is 9.48 Å². The molecule has 3 amide bonds. The van der Waals surface area contributed by atoms with Crippen molar-refractivity contribution in [1.29, 1.82) is 0 Å². The molecule has 1 aromatic rings. The van der Waals surface area contributed by atoms with Gasteiger partial charge in [-0.05, 0) is 6.07 Å². The van der Waals surface area contributed by atoms with E-state index in [1.54, 1.807) is 12.3 Å². The zero-order valence-electron chi connectivity index (χ0n) is 8.64. The lowest BCUT2D eigenvalue weighted by Gasteiger charge is -2.05. The van der Waals surface area contributed by atoms with Gasteiger partial charge in [0, 0.05) is 19.3 Å². The molecule has 0 bridgehead atoms. The molecule has 0 unspecified atom stereocenters. The average molecular weight is 226 g/mol. The molecule has 0 radical (unpaired) electrons. The molecule has 8 nitrogen and oxygen atoms in total. The van der Waals surface area contributed by atoms with Crippen LogP contribution >= 0.6 is 0 Å². The number of aromatic nitrogens is 2. The molecule has 0 fully saturated rings.